The lowest BCUT2D eigenvalue weighted by Crippen LogP contribution is -2.21. The van der Waals surface area contributed by atoms with Crippen molar-refractivity contribution in [2.24, 2.45) is 0 Å². The number of halogens is 2. The molecule has 1 rings (SSSR count). The number of hydrogen-bond donors (Lipinski definition) is 1. The minimum absolute atomic E-state index is 0.456. The van der Waals surface area contributed by atoms with Gasteiger partial charge in [-0.05, 0) is 12.5 Å². The molecular weight excluding hydrogens is 332 g/mol. The third kappa shape index (κ3) is 3.46. The molecule has 0 aromatic heterocycles. The molecule has 0 heterocycles. The van der Waals surface area contributed by atoms with Crippen molar-refractivity contribution in [1.29, 1.82) is 0 Å². The first-order chi connectivity index (χ1) is 6.42. The molecule has 1 unspecified atom stereocenters. The summed E-state index contributed by atoms with van der Waals surface area (Å²) in [6, 6.07) is 7.84. The van der Waals surface area contributed by atoms with Crippen LogP contribution in [0.25, 0.3) is 0 Å². The number of rotatable bonds is 3. The molecule has 0 amide bonds. The number of hydrogen-bond acceptors (Lipinski definition) is 1. The lowest BCUT2D eigenvalue weighted by Gasteiger charge is -2.15. The van der Waals surface area contributed by atoms with E-state index in [4.69, 9.17) is 4.55 Å². The summed E-state index contributed by atoms with van der Waals surface area (Å²) in [6.07, 6.45) is 0.456. The highest BCUT2D eigenvalue weighted by atomic mass is 79.9. The second-order valence-corrected chi connectivity index (χ2v) is 9.07. The van der Waals surface area contributed by atoms with E-state index in [9.17, 15) is 4.21 Å². The van der Waals surface area contributed by atoms with E-state index in [0.29, 0.717) is 6.42 Å². The molecule has 0 aliphatic heterocycles. The third-order valence-electron chi connectivity index (χ3n) is 1.75. The van der Waals surface area contributed by atoms with Crippen molar-refractivity contribution < 1.29 is 8.76 Å². The van der Waals surface area contributed by atoms with Gasteiger partial charge in [-0.25, -0.2) is 4.21 Å². The fraction of sp³-hybridized carbons (Fsp3) is 0.333. The van der Waals surface area contributed by atoms with Gasteiger partial charge >= 0.3 is 0 Å². The Morgan fingerprint density at radius 1 is 1.50 bits per heavy atom. The Morgan fingerprint density at radius 3 is 2.64 bits per heavy atom. The van der Waals surface area contributed by atoms with Gasteiger partial charge in [0.1, 0.15) is 0 Å². The summed E-state index contributed by atoms with van der Waals surface area (Å²) in [4.78, 5) is 0. The van der Waals surface area contributed by atoms with E-state index in [0.717, 1.165) is 11.1 Å². The van der Waals surface area contributed by atoms with Crippen molar-refractivity contribution >= 4 is 42.9 Å². The van der Waals surface area contributed by atoms with Gasteiger partial charge < -0.3 is 4.55 Å². The van der Waals surface area contributed by atoms with E-state index in [-0.39, 0.29) is 0 Å². The molecule has 0 aliphatic carbocycles. The van der Waals surface area contributed by atoms with E-state index < -0.39 is 13.6 Å². The first-order valence-electron chi connectivity index (χ1n) is 3.96. The van der Waals surface area contributed by atoms with Gasteiger partial charge in [-0.2, -0.15) is 0 Å². The second-order valence-electron chi connectivity index (χ2n) is 3.05. The molecular formula is C9H10Br2O2S. The minimum Gasteiger partial charge on any atom is -0.304 e. The zero-order chi connectivity index (χ0) is 10.8. The van der Waals surface area contributed by atoms with Crippen molar-refractivity contribution in [2.45, 2.75) is 15.9 Å². The molecule has 0 aliphatic rings. The van der Waals surface area contributed by atoms with Crippen LogP contribution in [0, 0.1) is 6.92 Å². The molecule has 78 valence electrons. The second kappa shape index (κ2) is 4.88. The van der Waals surface area contributed by atoms with Gasteiger partial charge in [0.2, 0.25) is 0 Å². The minimum atomic E-state index is -1.95. The van der Waals surface area contributed by atoms with Gasteiger partial charge in [0.25, 0.3) is 0 Å². The summed E-state index contributed by atoms with van der Waals surface area (Å²) in [5.74, 6) is 0. The Bertz CT molecular complexity index is 352. The predicted molar refractivity (Wildman–Crippen MR) is 66.2 cm³/mol. The Hall–Kier alpha value is 0.290. The Balaban J connectivity index is 2.83. The van der Waals surface area contributed by atoms with Gasteiger partial charge in [0.05, 0.1) is 0 Å². The van der Waals surface area contributed by atoms with Crippen molar-refractivity contribution in [3.8, 4) is 0 Å². The lowest BCUT2D eigenvalue weighted by molar-refractivity contribution is 0.558. The van der Waals surface area contributed by atoms with Gasteiger partial charge in [-0.15, -0.1) is 0 Å². The third-order valence-corrected chi connectivity index (χ3v) is 4.63. The molecule has 0 saturated carbocycles. The normalized spacial score (nSPS) is 14.0. The van der Waals surface area contributed by atoms with Crippen molar-refractivity contribution in [1.82, 2.24) is 0 Å². The highest BCUT2D eigenvalue weighted by Gasteiger charge is 2.30. The van der Waals surface area contributed by atoms with Crippen LogP contribution in [0.4, 0.5) is 0 Å². The molecule has 0 fully saturated rings. The SMILES string of the molecule is Cc1cccc(CC(Br)(Br)S(=O)O)c1. The van der Waals surface area contributed by atoms with E-state index in [2.05, 4.69) is 31.9 Å². The van der Waals surface area contributed by atoms with E-state index in [1.54, 1.807) is 0 Å². The summed E-state index contributed by atoms with van der Waals surface area (Å²) >= 11 is 4.40. The Kier molecular flexibility index (Phi) is 4.30. The maximum absolute atomic E-state index is 10.9. The Labute approximate surface area is 103 Å². The first kappa shape index (κ1) is 12.4. The van der Waals surface area contributed by atoms with Crippen LogP contribution in [0.1, 0.15) is 11.1 Å². The molecule has 1 N–H and O–H groups in total. The zero-order valence-corrected chi connectivity index (χ0v) is 11.5. The highest BCUT2D eigenvalue weighted by Crippen LogP contribution is 2.33. The van der Waals surface area contributed by atoms with Gasteiger partial charge in [0.15, 0.2) is 13.6 Å². The highest BCUT2D eigenvalue weighted by molar-refractivity contribution is 9.27. The summed E-state index contributed by atoms with van der Waals surface area (Å²) in [7, 11) is 0. The molecule has 5 heteroatoms. The molecule has 0 spiro atoms. The number of aryl methyl sites for hydroxylation is 1. The van der Waals surface area contributed by atoms with Gasteiger partial charge in [-0.1, -0.05) is 61.7 Å². The summed E-state index contributed by atoms with van der Waals surface area (Å²) in [5, 5.41) is 0. The van der Waals surface area contributed by atoms with Crippen molar-refractivity contribution in [2.75, 3.05) is 0 Å². The predicted octanol–water partition coefficient (Wildman–Crippen LogP) is 3.20. The van der Waals surface area contributed by atoms with Gasteiger partial charge in [-0.3, -0.25) is 0 Å². The van der Waals surface area contributed by atoms with Crippen LogP contribution in [0.2, 0.25) is 0 Å². The molecule has 2 nitrogen and oxygen atoms in total. The summed E-state index contributed by atoms with van der Waals surface area (Å²) in [5.41, 5.74) is 2.16. The monoisotopic (exact) mass is 340 g/mol. The maximum atomic E-state index is 10.9. The van der Waals surface area contributed by atoms with Crippen molar-refractivity contribution in [3.63, 3.8) is 0 Å². The Morgan fingerprint density at radius 2 is 2.14 bits per heavy atom. The molecule has 14 heavy (non-hydrogen) atoms. The molecule has 1 aromatic carbocycles. The van der Waals surface area contributed by atoms with Gasteiger partial charge in [0, 0.05) is 6.42 Å². The number of alkyl halides is 2. The van der Waals surface area contributed by atoms with Crippen LogP contribution in [-0.4, -0.2) is 11.3 Å². The molecule has 0 bridgehead atoms. The number of benzene rings is 1. The average molecular weight is 342 g/mol. The first-order valence-corrected chi connectivity index (χ1v) is 6.65. The van der Waals surface area contributed by atoms with E-state index in [1.165, 1.54) is 0 Å². The zero-order valence-electron chi connectivity index (χ0n) is 7.54. The lowest BCUT2D eigenvalue weighted by atomic mass is 10.1. The fourth-order valence-electron chi connectivity index (χ4n) is 1.12. The average Bonchev–Trinajstić information content (AvgIpc) is 2.02. The van der Waals surface area contributed by atoms with Crippen LogP contribution >= 0.6 is 31.9 Å². The van der Waals surface area contributed by atoms with E-state index in [1.807, 2.05) is 31.2 Å². The topological polar surface area (TPSA) is 37.3 Å². The molecule has 1 atom stereocenters. The van der Waals surface area contributed by atoms with Crippen LogP contribution in [0.3, 0.4) is 0 Å². The molecule has 0 radical (unpaired) electrons. The molecule has 0 saturated heterocycles. The van der Waals surface area contributed by atoms with Crippen molar-refractivity contribution in [3.05, 3.63) is 35.4 Å². The smallest absolute Gasteiger partial charge is 0.184 e. The fourth-order valence-corrected chi connectivity index (χ4v) is 2.06. The van der Waals surface area contributed by atoms with Crippen LogP contribution in [-0.2, 0) is 17.5 Å². The largest absolute Gasteiger partial charge is 0.304 e. The van der Waals surface area contributed by atoms with Crippen LogP contribution in [0.15, 0.2) is 24.3 Å². The quantitative estimate of drug-likeness (QED) is 0.677. The van der Waals surface area contributed by atoms with E-state index >= 15 is 0 Å². The summed E-state index contributed by atoms with van der Waals surface area (Å²) in [6.45, 7) is 1.99. The standard InChI is InChI=1S/C9H10Br2O2S/c1-7-3-2-4-8(5-7)6-9(10,11)14(12)13/h2-5H,6H2,1H3,(H,12,13). The summed E-state index contributed by atoms with van der Waals surface area (Å²) < 4.78 is 19.0. The van der Waals surface area contributed by atoms with Crippen LogP contribution in [0.5, 0.6) is 0 Å². The molecule has 1 aromatic rings. The maximum Gasteiger partial charge on any atom is 0.184 e. The van der Waals surface area contributed by atoms with Crippen LogP contribution < -0.4 is 0 Å².